The van der Waals surface area contributed by atoms with Gasteiger partial charge in [0.1, 0.15) is 5.82 Å². The molecule has 0 heterocycles. The van der Waals surface area contributed by atoms with Crippen molar-refractivity contribution >= 4 is 5.91 Å². The maximum Gasteiger partial charge on any atom is 0.251 e. The highest BCUT2D eigenvalue weighted by Gasteiger charge is 2.24. The van der Waals surface area contributed by atoms with E-state index < -0.39 is 5.82 Å². The van der Waals surface area contributed by atoms with Crippen LogP contribution in [0.15, 0.2) is 18.2 Å². The highest BCUT2D eigenvalue weighted by molar-refractivity contribution is 5.95. The van der Waals surface area contributed by atoms with Gasteiger partial charge in [0.2, 0.25) is 0 Å². The second-order valence-corrected chi connectivity index (χ2v) is 4.99. The number of rotatable bonds is 2. The van der Waals surface area contributed by atoms with Gasteiger partial charge in [0.15, 0.2) is 0 Å². The zero-order valence-corrected chi connectivity index (χ0v) is 10.6. The monoisotopic (exact) mass is 250 g/mol. The van der Waals surface area contributed by atoms with Crippen LogP contribution in [0.2, 0.25) is 0 Å². The van der Waals surface area contributed by atoms with E-state index >= 15 is 0 Å². The van der Waals surface area contributed by atoms with E-state index in [2.05, 4.69) is 5.32 Å². The molecule has 2 atom stereocenters. The van der Waals surface area contributed by atoms with Gasteiger partial charge in [-0.3, -0.25) is 4.79 Å². The van der Waals surface area contributed by atoms with E-state index in [0.29, 0.717) is 5.56 Å². The van der Waals surface area contributed by atoms with Gasteiger partial charge in [-0.05, 0) is 37.5 Å². The summed E-state index contributed by atoms with van der Waals surface area (Å²) in [6.07, 6.45) is 4.04. The van der Waals surface area contributed by atoms with Gasteiger partial charge in [-0.25, -0.2) is 4.39 Å². The lowest BCUT2D eigenvalue weighted by Gasteiger charge is -2.29. The van der Waals surface area contributed by atoms with Crippen LogP contribution in [0, 0.1) is 12.7 Å². The molecule has 3 N–H and O–H groups in total. The Morgan fingerprint density at radius 2 is 2.11 bits per heavy atom. The highest BCUT2D eigenvalue weighted by Crippen LogP contribution is 2.18. The molecule has 1 aromatic carbocycles. The summed E-state index contributed by atoms with van der Waals surface area (Å²) in [5.41, 5.74) is 7.16. The smallest absolute Gasteiger partial charge is 0.251 e. The fourth-order valence-corrected chi connectivity index (χ4v) is 2.42. The van der Waals surface area contributed by atoms with Crippen molar-refractivity contribution in [3.05, 3.63) is 35.1 Å². The van der Waals surface area contributed by atoms with Crippen molar-refractivity contribution in [1.82, 2.24) is 5.32 Å². The lowest BCUT2D eigenvalue weighted by Crippen LogP contribution is -2.49. The molecule has 3 nitrogen and oxygen atoms in total. The van der Waals surface area contributed by atoms with Gasteiger partial charge in [-0.15, -0.1) is 0 Å². The molecule has 2 rings (SSSR count). The summed E-state index contributed by atoms with van der Waals surface area (Å²) in [5.74, 6) is -0.618. The molecular weight excluding hydrogens is 231 g/mol. The Labute approximate surface area is 107 Å². The van der Waals surface area contributed by atoms with Crippen molar-refractivity contribution in [2.75, 3.05) is 0 Å². The van der Waals surface area contributed by atoms with Gasteiger partial charge in [0.25, 0.3) is 5.91 Å². The largest absolute Gasteiger partial charge is 0.348 e. The second-order valence-electron chi connectivity index (χ2n) is 4.99. The summed E-state index contributed by atoms with van der Waals surface area (Å²) in [4.78, 5) is 12.1. The van der Waals surface area contributed by atoms with Crippen LogP contribution < -0.4 is 11.1 Å². The van der Waals surface area contributed by atoms with Crippen molar-refractivity contribution < 1.29 is 9.18 Å². The average molecular weight is 250 g/mol. The lowest BCUT2D eigenvalue weighted by atomic mass is 9.90. The molecule has 0 radical (unpaired) electrons. The Bertz CT molecular complexity index is 447. The predicted molar refractivity (Wildman–Crippen MR) is 68.8 cm³/mol. The van der Waals surface area contributed by atoms with Crippen molar-refractivity contribution in [2.45, 2.75) is 44.7 Å². The molecule has 1 amide bonds. The van der Waals surface area contributed by atoms with Crippen LogP contribution in [0.1, 0.15) is 41.6 Å². The van der Waals surface area contributed by atoms with Gasteiger partial charge in [-0.1, -0.05) is 18.9 Å². The number of hydrogen-bond donors (Lipinski definition) is 2. The van der Waals surface area contributed by atoms with Gasteiger partial charge in [0.05, 0.1) is 0 Å². The van der Waals surface area contributed by atoms with E-state index in [9.17, 15) is 9.18 Å². The summed E-state index contributed by atoms with van der Waals surface area (Å²) < 4.78 is 13.2. The number of amides is 1. The summed E-state index contributed by atoms with van der Waals surface area (Å²) in [7, 11) is 0. The maximum atomic E-state index is 13.2. The van der Waals surface area contributed by atoms with Gasteiger partial charge in [0, 0.05) is 17.6 Å². The molecule has 1 aromatic rings. The highest BCUT2D eigenvalue weighted by atomic mass is 19.1. The van der Waals surface area contributed by atoms with Crippen LogP contribution in [0.5, 0.6) is 0 Å². The molecule has 1 fully saturated rings. The fourth-order valence-electron chi connectivity index (χ4n) is 2.42. The normalized spacial score (nSPS) is 23.7. The first-order valence-electron chi connectivity index (χ1n) is 6.40. The predicted octanol–water partition coefficient (Wildman–Crippen LogP) is 2.13. The number of benzene rings is 1. The molecule has 0 spiro atoms. The molecule has 0 bridgehead atoms. The first kappa shape index (κ1) is 13.0. The van der Waals surface area contributed by atoms with E-state index in [0.717, 1.165) is 31.2 Å². The SMILES string of the molecule is Cc1ccc(F)cc1C(=O)NC1CCCCC1N. The van der Waals surface area contributed by atoms with Crippen LogP contribution in [-0.2, 0) is 0 Å². The van der Waals surface area contributed by atoms with Crippen molar-refractivity contribution in [2.24, 2.45) is 5.73 Å². The van der Waals surface area contributed by atoms with E-state index in [1.165, 1.54) is 12.1 Å². The summed E-state index contributed by atoms with van der Waals surface area (Å²) in [6.45, 7) is 1.80. The Balaban J connectivity index is 2.09. The zero-order valence-electron chi connectivity index (χ0n) is 10.6. The lowest BCUT2D eigenvalue weighted by molar-refractivity contribution is 0.0920. The molecule has 0 aliphatic heterocycles. The first-order valence-corrected chi connectivity index (χ1v) is 6.40. The second kappa shape index (κ2) is 5.48. The standard InChI is InChI=1S/C14H19FN2O/c1-9-6-7-10(15)8-11(9)14(18)17-13-5-3-2-4-12(13)16/h6-8,12-13H,2-5,16H2,1H3,(H,17,18). The Hall–Kier alpha value is -1.42. The summed E-state index contributed by atoms with van der Waals surface area (Å²) in [5, 5.41) is 2.92. The number of nitrogens with one attached hydrogen (secondary N) is 1. The summed E-state index contributed by atoms with van der Waals surface area (Å²) >= 11 is 0. The maximum absolute atomic E-state index is 13.2. The molecule has 0 saturated heterocycles. The van der Waals surface area contributed by atoms with Gasteiger partial charge < -0.3 is 11.1 Å². The molecule has 1 aliphatic rings. The molecule has 1 saturated carbocycles. The van der Waals surface area contributed by atoms with E-state index in [-0.39, 0.29) is 18.0 Å². The van der Waals surface area contributed by atoms with Crippen molar-refractivity contribution in [1.29, 1.82) is 0 Å². The Morgan fingerprint density at radius 3 is 2.83 bits per heavy atom. The third kappa shape index (κ3) is 2.88. The van der Waals surface area contributed by atoms with Gasteiger partial charge in [-0.2, -0.15) is 0 Å². The number of carbonyl (C=O) groups excluding carboxylic acids is 1. The summed E-state index contributed by atoms with van der Waals surface area (Å²) in [6, 6.07) is 4.27. The quantitative estimate of drug-likeness (QED) is 0.845. The van der Waals surface area contributed by atoms with E-state index in [1.807, 2.05) is 0 Å². The average Bonchev–Trinajstić information content (AvgIpc) is 2.35. The molecule has 98 valence electrons. The van der Waals surface area contributed by atoms with Crippen molar-refractivity contribution in [3.8, 4) is 0 Å². The zero-order chi connectivity index (χ0) is 13.1. The fraction of sp³-hybridized carbons (Fsp3) is 0.500. The molecule has 1 aliphatic carbocycles. The van der Waals surface area contributed by atoms with Crippen molar-refractivity contribution in [3.63, 3.8) is 0 Å². The van der Waals surface area contributed by atoms with Gasteiger partial charge >= 0.3 is 0 Å². The minimum atomic E-state index is -0.390. The Morgan fingerprint density at radius 1 is 1.39 bits per heavy atom. The van der Waals surface area contributed by atoms with E-state index in [1.54, 1.807) is 13.0 Å². The number of halogens is 1. The minimum absolute atomic E-state index is 0.00826. The number of aryl methyl sites for hydroxylation is 1. The molecule has 4 heteroatoms. The van der Waals surface area contributed by atoms with Crippen LogP contribution >= 0.6 is 0 Å². The first-order chi connectivity index (χ1) is 8.58. The number of nitrogens with two attached hydrogens (primary N) is 1. The number of carbonyl (C=O) groups is 1. The third-order valence-corrected chi connectivity index (χ3v) is 3.58. The third-order valence-electron chi connectivity index (χ3n) is 3.58. The van der Waals surface area contributed by atoms with E-state index in [4.69, 9.17) is 5.73 Å². The molecule has 0 aromatic heterocycles. The molecule has 18 heavy (non-hydrogen) atoms. The molecular formula is C14H19FN2O. The van der Waals surface area contributed by atoms with Crippen LogP contribution in [0.4, 0.5) is 4.39 Å². The minimum Gasteiger partial charge on any atom is -0.348 e. The van der Waals surface area contributed by atoms with Crippen LogP contribution in [-0.4, -0.2) is 18.0 Å². The topological polar surface area (TPSA) is 55.1 Å². The number of hydrogen-bond acceptors (Lipinski definition) is 2. The van der Waals surface area contributed by atoms with Crippen LogP contribution in [0.3, 0.4) is 0 Å². The Kier molecular flexibility index (Phi) is 3.97. The van der Waals surface area contributed by atoms with Crippen LogP contribution in [0.25, 0.3) is 0 Å². The molecule has 2 unspecified atom stereocenters.